The largest absolute Gasteiger partial charge is 0.481 e. The number of hydrogen-bond donors (Lipinski definition) is 2. The number of nitrogens with zero attached hydrogens (tertiary/aromatic N) is 5. The fourth-order valence-electron chi connectivity index (χ4n) is 7.93. The van der Waals surface area contributed by atoms with Gasteiger partial charge in [-0.15, -0.1) is 11.3 Å². The van der Waals surface area contributed by atoms with Crippen LogP contribution in [0.3, 0.4) is 0 Å². The van der Waals surface area contributed by atoms with Gasteiger partial charge in [0.05, 0.1) is 23.6 Å². The Morgan fingerprint density at radius 2 is 2.02 bits per heavy atom. The summed E-state index contributed by atoms with van der Waals surface area (Å²) < 4.78 is 19.5. The van der Waals surface area contributed by atoms with E-state index in [2.05, 4.69) is 15.2 Å². The van der Waals surface area contributed by atoms with E-state index < -0.39 is 29.2 Å². The van der Waals surface area contributed by atoms with E-state index in [1.54, 1.807) is 13.1 Å². The number of benzene rings is 1. The molecule has 7 rings (SSSR count). The van der Waals surface area contributed by atoms with Crippen molar-refractivity contribution in [1.29, 1.82) is 0 Å². The van der Waals surface area contributed by atoms with Gasteiger partial charge in [0.2, 0.25) is 0 Å². The van der Waals surface area contributed by atoms with Crippen molar-refractivity contribution in [3.63, 3.8) is 0 Å². The van der Waals surface area contributed by atoms with Crippen LogP contribution in [0.2, 0.25) is 5.02 Å². The van der Waals surface area contributed by atoms with Crippen molar-refractivity contribution in [3.05, 3.63) is 62.5 Å². The molecule has 3 aliphatic heterocycles. The number of thiazole rings is 1. The lowest BCUT2D eigenvalue weighted by atomic mass is 9.84. The molecule has 45 heavy (non-hydrogen) atoms. The molecule has 2 N–H and O–H groups in total. The molecule has 238 valence electrons. The molecule has 4 fully saturated rings. The van der Waals surface area contributed by atoms with Gasteiger partial charge in [-0.3, -0.25) is 14.7 Å². The Kier molecular flexibility index (Phi) is 7.60. The van der Waals surface area contributed by atoms with E-state index in [0.717, 1.165) is 12.8 Å². The van der Waals surface area contributed by atoms with E-state index in [1.807, 2.05) is 15.2 Å². The lowest BCUT2D eigenvalue weighted by Gasteiger charge is -2.38. The maximum absolute atomic E-state index is 14.0. The van der Waals surface area contributed by atoms with Crippen LogP contribution in [0, 0.1) is 11.2 Å². The van der Waals surface area contributed by atoms with E-state index in [9.17, 15) is 23.9 Å². The summed E-state index contributed by atoms with van der Waals surface area (Å²) in [5.74, 6) is -1.31. The Morgan fingerprint density at radius 3 is 2.69 bits per heavy atom. The van der Waals surface area contributed by atoms with Crippen molar-refractivity contribution in [2.45, 2.75) is 56.7 Å². The minimum absolute atomic E-state index is 0.00540. The molecule has 4 heterocycles. The second-order valence-electron chi connectivity index (χ2n) is 12.6. The monoisotopic (exact) mass is 656 g/mol. The highest BCUT2D eigenvalue weighted by atomic mass is 35.5. The van der Waals surface area contributed by atoms with Gasteiger partial charge in [0.25, 0.3) is 0 Å². The fourth-order valence-corrected chi connectivity index (χ4v) is 8.79. The van der Waals surface area contributed by atoms with Gasteiger partial charge in [0.15, 0.2) is 10.8 Å². The SMILES string of the molecule is CCOC(=O)C1=C(CN2CCN3C(=O)N(C45CCC(C(=O)O)(CC4)C5)C[C@@H]3C2)NC(c2nccs2)=N[C@H]1c1ccc(F)cc1Cl. The number of carboxylic acid groups (broad SMARTS) is 1. The number of ether oxygens (including phenoxy) is 1. The maximum Gasteiger partial charge on any atom is 0.338 e. The van der Waals surface area contributed by atoms with Gasteiger partial charge in [-0.25, -0.2) is 19.0 Å². The zero-order chi connectivity index (χ0) is 31.5. The number of amidine groups is 1. The number of aromatic nitrogens is 1. The van der Waals surface area contributed by atoms with Crippen molar-refractivity contribution in [2.24, 2.45) is 10.4 Å². The first-order chi connectivity index (χ1) is 21.6. The molecule has 2 saturated heterocycles. The number of rotatable bonds is 8. The number of hydrogen-bond acceptors (Lipinski definition) is 9. The van der Waals surface area contributed by atoms with Crippen LogP contribution >= 0.6 is 22.9 Å². The number of aliphatic carboxylic acids is 1. The molecule has 1 aromatic carbocycles. The number of esters is 1. The Morgan fingerprint density at radius 1 is 1.22 bits per heavy atom. The zero-order valence-corrected chi connectivity index (χ0v) is 26.4. The minimum atomic E-state index is -0.851. The first-order valence-corrected chi connectivity index (χ1v) is 16.5. The molecule has 2 amide bonds. The van der Waals surface area contributed by atoms with Crippen molar-refractivity contribution in [3.8, 4) is 0 Å². The molecular formula is C31H34ClFN6O5S. The summed E-state index contributed by atoms with van der Waals surface area (Å²) in [4.78, 5) is 54.6. The van der Waals surface area contributed by atoms with E-state index in [-0.39, 0.29) is 34.8 Å². The highest BCUT2D eigenvalue weighted by Gasteiger charge is 2.63. The number of piperazine rings is 1. The molecule has 5 aliphatic rings. The van der Waals surface area contributed by atoms with Gasteiger partial charge in [0, 0.05) is 66.1 Å². The molecule has 1 aromatic heterocycles. The van der Waals surface area contributed by atoms with Gasteiger partial charge >= 0.3 is 18.0 Å². The molecule has 0 spiro atoms. The number of carbonyl (C=O) groups excluding carboxylic acids is 2. The molecule has 2 aromatic rings. The molecule has 2 saturated carbocycles. The number of amides is 2. The standard InChI is InChI=1S/C31H34ClFN6O5S/c1-2-44-27(40)23-22(35-25(26-34-9-12-45-26)36-24(23)20-4-3-18(33)13-21(20)32)16-37-10-11-38-19(14-37)15-39(29(38)43)31-7-5-30(17-31,6-8-31)28(41)42/h3-4,9,12-13,19,24H,2,5-8,10-11,14-17H2,1H3,(H,35,36)(H,41,42)/t19-,24-,30?,31?/m0/s1. The zero-order valence-electron chi connectivity index (χ0n) is 24.8. The Labute approximate surface area is 268 Å². The number of urea groups is 1. The summed E-state index contributed by atoms with van der Waals surface area (Å²) in [6.45, 7) is 4.45. The quantitative estimate of drug-likeness (QED) is 0.408. The summed E-state index contributed by atoms with van der Waals surface area (Å²) in [5.41, 5.74) is 0.255. The number of fused-ring (bicyclic) bond motifs is 3. The van der Waals surface area contributed by atoms with Crippen LogP contribution in [-0.4, -0.2) is 99.5 Å². The number of nitrogens with one attached hydrogen (secondary N) is 1. The van der Waals surface area contributed by atoms with Gasteiger partial charge in [0.1, 0.15) is 11.9 Å². The lowest BCUT2D eigenvalue weighted by Crippen LogP contribution is -2.53. The molecule has 0 unspecified atom stereocenters. The predicted octanol–water partition coefficient (Wildman–Crippen LogP) is 4.05. The molecule has 2 bridgehead atoms. The van der Waals surface area contributed by atoms with E-state index in [1.165, 1.54) is 29.5 Å². The van der Waals surface area contributed by atoms with Crippen LogP contribution in [0.1, 0.15) is 55.6 Å². The van der Waals surface area contributed by atoms with E-state index in [0.29, 0.717) is 74.1 Å². The lowest BCUT2D eigenvalue weighted by molar-refractivity contribution is -0.148. The first-order valence-electron chi connectivity index (χ1n) is 15.3. The van der Waals surface area contributed by atoms with Crippen molar-refractivity contribution < 1.29 is 28.6 Å². The Hall–Kier alpha value is -3.55. The number of halogens is 2. The van der Waals surface area contributed by atoms with Gasteiger partial charge < -0.3 is 25.0 Å². The van der Waals surface area contributed by atoms with Gasteiger partial charge in [-0.1, -0.05) is 17.7 Å². The third-order valence-corrected chi connectivity index (χ3v) is 11.3. The van der Waals surface area contributed by atoms with Gasteiger partial charge in [-0.05, 0) is 51.2 Å². The topological polar surface area (TPSA) is 128 Å². The summed E-state index contributed by atoms with van der Waals surface area (Å²) in [6.07, 6.45) is 4.87. The molecule has 2 aliphatic carbocycles. The van der Waals surface area contributed by atoms with Crippen molar-refractivity contribution in [1.82, 2.24) is 25.0 Å². The van der Waals surface area contributed by atoms with Crippen molar-refractivity contribution in [2.75, 3.05) is 39.3 Å². The van der Waals surface area contributed by atoms with E-state index in [4.69, 9.17) is 21.3 Å². The average molecular weight is 657 g/mol. The summed E-state index contributed by atoms with van der Waals surface area (Å²) in [6, 6.07) is 3.11. The average Bonchev–Trinajstić information content (AvgIpc) is 3.81. The van der Waals surface area contributed by atoms with E-state index >= 15 is 0 Å². The second-order valence-corrected chi connectivity index (χ2v) is 13.9. The van der Waals surface area contributed by atoms with Crippen molar-refractivity contribution >= 4 is 46.7 Å². The molecule has 11 nitrogen and oxygen atoms in total. The maximum atomic E-state index is 14.0. The summed E-state index contributed by atoms with van der Waals surface area (Å²) in [5, 5.41) is 15.9. The van der Waals surface area contributed by atoms with Crippen LogP contribution in [0.5, 0.6) is 0 Å². The van der Waals surface area contributed by atoms with Gasteiger partial charge in [-0.2, -0.15) is 0 Å². The summed E-state index contributed by atoms with van der Waals surface area (Å²) in [7, 11) is 0. The molecule has 14 heteroatoms. The number of aliphatic imine (C=N–C) groups is 1. The van der Waals surface area contributed by atoms with Crippen LogP contribution in [0.25, 0.3) is 0 Å². The van der Waals surface area contributed by atoms with Crippen LogP contribution in [0.15, 0.2) is 46.0 Å². The first kappa shape index (κ1) is 30.1. The number of carbonyl (C=O) groups is 3. The fraction of sp³-hybridized carbons (Fsp3) is 0.516. The Bertz CT molecular complexity index is 1610. The molecule has 0 radical (unpaired) electrons. The normalized spacial score (nSPS) is 29.6. The minimum Gasteiger partial charge on any atom is -0.481 e. The van der Waals surface area contributed by atoms with Crippen LogP contribution in [0.4, 0.5) is 9.18 Å². The summed E-state index contributed by atoms with van der Waals surface area (Å²) >= 11 is 7.91. The highest BCUT2D eigenvalue weighted by Crippen LogP contribution is 2.60. The number of carboxylic acids is 1. The molecule has 2 atom stereocenters. The van der Waals surface area contributed by atoms with Crippen LogP contribution < -0.4 is 5.32 Å². The smallest absolute Gasteiger partial charge is 0.338 e. The predicted molar refractivity (Wildman–Crippen MR) is 165 cm³/mol. The van der Waals surface area contributed by atoms with Crippen LogP contribution in [-0.2, 0) is 14.3 Å². The molecular weight excluding hydrogens is 623 g/mol. The second kappa shape index (κ2) is 11.4. The third-order valence-electron chi connectivity index (χ3n) is 10.2. The Balaban J connectivity index is 1.17. The third kappa shape index (κ3) is 5.08. The highest BCUT2D eigenvalue weighted by molar-refractivity contribution is 7.11.